The number of thioether (sulfide) groups is 1. The van der Waals surface area contributed by atoms with Crippen molar-refractivity contribution in [3.05, 3.63) is 110 Å². The van der Waals surface area contributed by atoms with Gasteiger partial charge in [0.15, 0.2) is 0 Å². The number of carbonyl (C=O) groups is 1. The van der Waals surface area contributed by atoms with Crippen molar-refractivity contribution in [1.82, 2.24) is 9.36 Å². The Morgan fingerprint density at radius 1 is 1.00 bits per heavy atom. The third-order valence-electron chi connectivity index (χ3n) is 4.88. The molecular formula is C24H19BrClN3O2S. The SMILES string of the molecule is CSc1ccc(NC(=O)c2cn(Cc3ccc(Cl)cc3)n(-c3ccc(Br)cc3)c2=O)cc1. The van der Waals surface area contributed by atoms with Gasteiger partial charge in [-0.15, -0.1) is 11.8 Å². The van der Waals surface area contributed by atoms with E-state index in [1.165, 1.54) is 4.68 Å². The van der Waals surface area contributed by atoms with E-state index in [0.717, 1.165) is 14.9 Å². The number of amides is 1. The van der Waals surface area contributed by atoms with E-state index in [2.05, 4.69) is 21.2 Å². The number of rotatable bonds is 6. The Hall–Kier alpha value is -2.74. The molecule has 0 spiro atoms. The van der Waals surface area contributed by atoms with Gasteiger partial charge in [0.05, 0.1) is 12.2 Å². The van der Waals surface area contributed by atoms with Crippen LogP contribution in [0.4, 0.5) is 5.69 Å². The molecule has 0 aliphatic heterocycles. The summed E-state index contributed by atoms with van der Waals surface area (Å²) in [7, 11) is 0. The van der Waals surface area contributed by atoms with Gasteiger partial charge in [0.1, 0.15) is 5.56 Å². The zero-order valence-electron chi connectivity index (χ0n) is 17.1. The lowest BCUT2D eigenvalue weighted by atomic mass is 10.2. The fourth-order valence-electron chi connectivity index (χ4n) is 3.26. The van der Waals surface area contributed by atoms with Crippen molar-refractivity contribution in [2.24, 2.45) is 0 Å². The highest BCUT2D eigenvalue weighted by atomic mass is 79.9. The third-order valence-corrected chi connectivity index (χ3v) is 6.40. The van der Waals surface area contributed by atoms with Gasteiger partial charge in [-0.1, -0.05) is 39.7 Å². The molecule has 162 valence electrons. The summed E-state index contributed by atoms with van der Waals surface area (Å²) in [6, 6.07) is 22.2. The molecule has 0 aliphatic carbocycles. The van der Waals surface area contributed by atoms with Gasteiger partial charge in [-0.2, -0.15) is 0 Å². The topological polar surface area (TPSA) is 56.0 Å². The summed E-state index contributed by atoms with van der Waals surface area (Å²) in [5, 5.41) is 3.46. The predicted octanol–water partition coefficient (Wildman–Crippen LogP) is 6.08. The number of aromatic nitrogens is 2. The number of nitrogens with zero attached hydrogens (tertiary/aromatic N) is 2. The van der Waals surface area contributed by atoms with Crippen LogP contribution in [0.15, 0.2) is 93.2 Å². The number of hydrogen-bond acceptors (Lipinski definition) is 3. The Labute approximate surface area is 203 Å². The molecule has 0 fully saturated rings. The lowest BCUT2D eigenvalue weighted by Gasteiger charge is -2.12. The van der Waals surface area contributed by atoms with Gasteiger partial charge in [0.2, 0.25) is 0 Å². The highest BCUT2D eigenvalue weighted by Crippen LogP contribution is 2.19. The van der Waals surface area contributed by atoms with Crippen molar-refractivity contribution < 1.29 is 4.79 Å². The standard InChI is InChI=1S/C24H19BrClN3O2S/c1-32-21-12-8-19(9-13-21)27-23(30)22-15-28(14-16-2-6-18(26)7-3-16)29(24(22)31)20-10-4-17(25)5-11-20/h2-13,15H,14H2,1H3,(H,27,30). The summed E-state index contributed by atoms with van der Waals surface area (Å²) < 4.78 is 4.14. The Morgan fingerprint density at radius 2 is 1.66 bits per heavy atom. The van der Waals surface area contributed by atoms with Crippen LogP contribution >= 0.6 is 39.3 Å². The molecule has 8 heteroatoms. The largest absolute Gasteiger partial charge is 0.322 e. The first kappa shape index (κ1) is 22.5. The van der Waals surface area contributed by atoms with Crippen molar-refractivity contribution in [3.63, 3.8) is 0 Å². The smallest absolute Gasteiger partial charge is 0.284 e. The first-order valence-electron chi connectivity index (χ1n) is 9.73. The van der Waals surface area contributed by atoms with Crippen molar-refractivity contribution >= 4 is 50.9 Å². The number of hydrogen-bond donors (Lipinski definition) is 1. The minimum absolute atomic E-state index is 0.0656. The first-order chi connectivity index (χ1) is 15.4. The van der Waals surface area contributed by atoms with Crippen LogP contribution in [-0.4, -0.2) is 21.5 Å². The van der Waals surface area contributed by atoms with E-state index in [9.17, 15) is 9.59 Å². The summed E-state index contributed by atoms with van der Waals surface area (Å²) in [5.41, 5.74) is 1.92. The van der Waals surface area contributed by atoms with Gasteiger partial charge in [0, 0.05) is 26.3 Å². The third kappa shape index (κ3) is 5.01. The summed E-state index contributed by atoms with van der Waals surface area (Å²) in [4.78, 5) is 27.4. The molecule has 1 N–H and O–H groups in total. The van der Waals surface area contributed by atoms with Gasteiger partial charge in [0.25, 0.3) is 11.5 Å². The van der Waals surface area contributed by atoms with Crippen LogP contribution in [0.5, 0.6) is 0 Å². The molecule has 0 bridgehead atoms. The van der Waals surface area contributed by atoms with Crippen LogP contribution in [0, 0.1) is 0 Å². The quantitative estimate of drug-likeness (QED) is 0.309. The maximum absolute atomic E-state index is 13.3. The molecule has 0 saturated heterocycles. The number of benzene rings is 3. The van der Waals surface area contributed by atoms with Gasteiger partial charge in [-0.05, 0) is 72.5 Å². The molecule has 32 heavy (non-hydrogen) atoms. The van der Waals surface area contributed by atoms with E-state index in [-0.39, 0.29) is 11.1 Å². The molecule has 0 atom stereocenters. The van der Waals surface area contributed by atoms with Gasteiger partial charge < -0.3 is 5.32 Å². The van der Waals surface area contributed by atoms with Crippen LogP contribution in [0.25, 0.3) is 5.69 Å². The van der Waals surface area contributed by atoms with E-state index < -0.39 is 5.91 Å². The minimum atomic E-state index is -0.451. The summed E-state index contributed by atoms with van der Waals surface area (Å²) in [5.74, 6) is -0.451. The zero-order chi connectivity index (χ0) is 22.7. The Morgan fingerprint density at radius 3 is 2.28 bits per heavy atom. The van der Waals surface area contributed by atoms with Crippen molar-refractivity contribution in [2.75, 3.05) is 11.6 Å². The molecule has 1 amide bonds. The molecule has 1 heterocycles. The fraction of sp³-hybridized carbons (Fsp3) is 0.0833. The van der Waals surface area contributed by atoms with Gasteiger partial charge >= 0.3 is 0 Å². The summed E-state index contributed by atoms with van der Waals surface area (Å²) >= 11 is 11.0. The van der Waals surface area contributed by atoms with Crippen molar-refractivity contribution in [3.8, 4) is 5.69 Å². The predicted molar refractivity (Wildman–Crippen MR) is 134 cm³/mol. The second kappa shape index (κ2) is 9.81. The highest BCUT2D eigenvalue weighted by molar-refractivity contribution is 9.10. The average molecular weight is 529 g/mol. The number of carbonyl (C=O) groups excluding carboxylic acids is 1. The van der Waals surface area contributed by atoms with Crippen molar-refractivity contribution in [2.45, 2.75) is 11.4 Å². The number of nitrogens with one attached hydrogen (secondary N) is 1. The second-order valence-electron chi connectivity index (χ2n) is 7.04. The minimum Gasteiger partial charge on any atom is -0.322 e. The Kier molecular flexibility index (Phi) is 6.89. The molecule has 5 nitrogen and oxygen atoms in total. The lowest BCUT2D eigenvalue weighted by Crippen LogP contribution is -2.26. The molecule has 0 unspecified atom stereocenters. The van der Waals surface area contributed by atoms with Crippen LogP contribution in [0.2, 0.25) is 5.02 Å². The zero-order valence-corrected chi connectivity index (χ0v) is 20.2. The number of anilines is 1. The normalized spacial score (nSPS) is 10.8. The Bertz CT molecular complexity index is 1300. The molecule has 0 saturated carbocycles. The average Bonchev–Trinajstić information content (AvgIpc) is 3.12. The lowest BCUT2D eigenvalue weighted by molar-refractivity contribution is 0.102. The molecule has 0 aliphatic rings. The van der Waals surface area contributed by atoms with E-state index >= 15 is 0 Å². The first-order valence-corrected chi connectivity index (χ1v) is 12.1. The van der Waals surface area contributed by atoms with Crippen LogP contribution in [0.3, 0.4) is 0 Å². The number of halogens is 2. The van der Waals surface area contributed by atoms with Crippen LogP contribution in [-0.2, 0) is 6.54 Å². The van der Waals surface area contributed by atoms with Crippen molar-refractivity contribution in [1.29, 1.82) is 0 Å². The molecule has 4 aromatic rings. The van der Waals surface area contributed by atoms with Crippen LogP contribution < -0.4 is 10.9 Å². The van der Waals surface area contributed by atoms with E-state index in [4.69, 9.17) is 11.6 Å². The summed E-state index contributed by atoms with van der Waals surface area (Å²) in [6.45, 7) is 0.401. The maximum atomic E-state index is 13.3. The summed E-state index contributed by atoms with van der Waals surface area (Å²) in [6.07, 6.45) is 3.58. The monoisotopic (exact) mass is 527 g/mol. The fourth-order valence-corrected chi connectivity index (χ4v) is 4.06. The Balaban J connectivity index is 1.72. The molecule has 1 aromatic heterocycles. The van der Waals surface area contributed by atoms with Gasteiger partial charge in [-0.25, -0.2) is 4.68 Å². The van der Waals surface area contributed by atoms with E-state index in [1.54, 1.807) is 34.8 Å². The second-order valence-corrected chi connectivity index (χ2v) is 9.27. The molecule has 4 rings (SSSR count). The molecule has 0 radical (unpaired) electrons. The van der Waals surface area contributed by atoms with E-state index in [1.807, 2.05) is 66.9 Å². The van der Waals surface area contributed by atoms with Gasteiger partial charge in [-0.3, -0.25) is 14.3 Å². The van der Waals surface area contributed by atoms with E-state index in [0.29, 0.717) is 22.9 Å². The maximum Gasteiger partial charge on any atom is 0.284 e. The molecule has 3 aromatic carbocycles. The van der Waals surface area contributed by atoms with Crippen LogP contribution in [0.1, 0.15) is 15.9 Å². The highest BCUT2D eigenvalue weighted by Gasteiger charge is 2.19. The molecular weight excluding hydrogens is 510 g/mol.